The van der Waals surface area contributed by atoms with Crippen molar-refractivity contribution in [2.75, 3.05) is 0 Å². The van der Waals surface area contributed by atoms with E-state index in [1.807, 2.05) is 12.1 Å². The third-order valence-electron chi connectivity index (χ3n) is 2.81. The van der Waals surface area contributed by atoms with Crippen LogP contribution in [0.4, 0.5) is 0 Å². The van der Waals surface area contributed by atoms with E-state index >= 15 is 0 Å². The first-order valence-corrected chi connectivity index (χ1v) is 6.76. The van der Waals surface area contributed by atoms with Crippen LogP contribution in [-0.2, 0) is 0 Å². The monoisotopic (exact) mass is 298 g/mol. The highest BCUT2D eigenvalue weighted by Crippen LogP contribution is 2.39. The molecular weight excluding hydrogens is 291 g/mol. The van der Waals surface area contributed by atoms with Crippen molar-refractivity contribution < 1.29 is 0 Å². The van der Waals surface area contributed by atoms with Crippen LogP contribution < -0.4 is 0 Å². The molecule has 1 saturated carbocycles. The van der Waals surface area contributed by atoms with Crippen LogP contribution in [0.3, 0.4) is 0 Å². The number of halogens is 3. The Bertz CT molecular complexity index is 589. The predicted octanol–water partition coefficient (Wildman–Crippen LogP) is 4.98. The molecule has 0 radical (unpaired) electrons. The molecule has 1 fully saturated rings. The largest absolute Gasteiger partial charge is 0.232 e. The average Bonchev–Trinajstić information content (AvgIpc) is 3.10. The summed E-state index contributed by atoms with van der Waals surface area (Å²) >= 11 is 18.0. The maximum absolute atomic E-state index is 6.03. The minimum Gasteiger partial charge on any atom is -0.232 e. The zero-order valence-corrected chi connectivity index (χ0v) is 11.6. The molecular formula is C13H9Cl3N2. The fourth-order valence-corrected chi connectivity index (χ4v) is 2.52. The second-order valence-corrected chi connectivity index (χ2v) is 5.63. The summed E-state index contributed by atoms with van der Waals surface area (Å²) in [4.78, 5) is 8.79. The number of benzene rings is 1. The summed E-state index contributed by atoms with van der Waals surface area (Å²) in [5.41, 5.74) is 1.63. The van der Waals surface area contributed by atoms with E-state index in [4.69, 9.17) is 34.8 Å². The molecule has 0 unspecified atom stereocenters. The Balaban J connectivity index is 2.09. The maximum Gasteiger partial charge on any atom is 0.133 e. The van der Waals surface area contributed by atoms with Crippen LogP contribution >= 0.6 is 34.8 Å². The molecule has 0 atom stereocenters. The summed E-state index contributed by atoms with van der Waals surface area (Å²) in [6, 6.07) is 7.07. The first-order valence-electron chi connectivity index (χ1n) is 5.63. The first-order chi connectivity index (χ1) is 8.61. The van der Waals surface area contributed by atoms with Gasteiger partial charge in [0.15, 0.2) is 0 Å². The zero-order valence-electron chi connectivity index (χ0n) is 9.33. The molecule has 1 aliphatic rings. The van der Waals surface area contributed by atoms with E-state index < -0.39 is 0 Å². The Kier molecular flexibility index (Phi) is 3.18. The quantitative estimate of drug-likeness (QED) is 0.731. The highest BCUT2D eigenvalue weighted by Gasteiger charge is 2.27. The van der Waals surface area contributed by atoms with E-state index in [2.05, 4.69) is 9.97 Å². The van der Waals surface area contributed by atoms with Gasteiger partial charge in [-0.25, -0.2) is 9.97 Å². The minimum atomic E-state index is 0.456. The van der Waals surface area contributed by atoms with Crippen molar-refractivity contribution in [3.8, 4) is 11.3 Å². The molecule has 0 N–H and O–H groups in total. The molecule has 1 aromatic carbocycles. The standard InChI is InChI=1S/C13H9Cl3N2/c14-9-3-8(4-10(15)5-9)11-6-12(16)18-13(17-11)7-1-2-7/h3-7H,1-2H2. The van der Waals surface area contributed by atoms with Gasteiger partial charge in [0.1, 0.15) is 11.0 Å². The van der Waals surface area contributed by atoms with Gasteiger partial charge in [0.05, 0.1) is 5.69 Å². The molecule has 0 spiro atoms. The number of nitrogens with zero attached hydrogens (tertiary/aromatic N) is 2. The number of hydrogen-bond donors (Lipinski definition) is 0. The van der Waals surface area contributed by atoms with Crippen molar-refractivity contribution in [2.24, 2.45) is 0 Å². The fourth-order valence-electron chi connectivity index (χ4n) is 1.81. The Labute approximate surface area is 120 Å². The SMILES string of the molecule is Clc1cc(Cl)cc(-c2cc(Cl)nc(C3CC3)n2)c1. The van der Waals surface area contributed by atoms with Gasteiger partial charge in [-0.1, -0.05) is 34.8 Å². The van der Waals surface area contributed by atoms with Gasteiger partial charge in [0.25, 0.3) is 0 Å². The summed E-state index contributed by atoms with van der Waals surface area (Å²) < 4.78 is 0. The topological polar surface area (TPSA) is 25.8 Å². The highest BCUT2D eigenvalue weighted by atomic mass is 35.5. The summed E-state index contributed by atoms with van der Waals surface area (Å²) in [6.07, 6.45) is 2.27. The summed E-state index contributed by atoms with van der Waals surface area (Å²) in [6.45, 7) is 0. The van der Waals surface area contributed by atoms with Gasteiger partial charge < -0.3 is 0 Å². The van der Waals surface area contributed by atoms with E-state index in [0.717, 1.165) is 29.9 Å². The highest BCUT2D eigenvalue weighted by molar-refractivity contribution is 6.35. The molecule has 1 aromatic heterocycles. The number of aromatic nitrogens is 2. The van der Waals surface area contributed by atoms with Gasteiger partial charge in [0.2, 0.25) is 0 Å². The van der Waals surface area contributed by atoms with Gasteiger partial charge in [-0.3, -0.25) is 0 Å². The zero-order chi connectivity index (χ0) is 12.7. The van der Waals surface area contributed by atoms with E-state index in [0.29, 0.717) is 21.1 Å². The molecule has 0 aliphatic heterocycles. The molecule has 0 saturated heterocycles. The van der Waals surface area contributed by atoms with Crippen molar-refractivity contribution in [3.05, 3.63) is 45.3 Å². The molecule has 1 heterocycles. The second kappa shape index (κ2) is 4.69. The molecule has 0 amide bonds. The van der Waals surface area contributed by atoms with E-state index in [9.17, 15) is 0 Å². The Morgan fingerprint density at radius 1 is 0.889 bits per heavy atom. The molecule has 0 bridgehead atoms. The van der Waals surface area contributed by atoms with E-state index in [-0.39, 0.29) is 0 Å². The third-order valence-corrected chi connectivity index (χ3v) is 3.44. The lowest BCUT2D eigenvalue weighted by Crippen LogP contribution is -1.95. The lowest BCUT2D eigenvalue weighted by atomic mass is 10.1. The van der Waals surface area contributed by atoms with Crippen molar-refractivity contribution in [3.63, 3.8) is 0 Å². The van der Waals surface area contributed by atoms with Gasteiger partial charge in [-0.15, -0.1) is 0 Å². The molecule has 2 nitrogen and oxygen atoms in total. The average molecular weight is 300 g/mol. The van der Waals surface area contributed by atoms with Gasteiger partial charge >= 0.3 is 0 Å². The fraction of sp³-hybridized carbons (Fsp3) is 0.231. The van der Waals surface area contributed by atoms with Crippen LogP contribution in [0.2, 0.25) is 15.2 Å². The maximum atomic E-state index is 6.03. The van der Waals surface area contributed by atoms with Crippen molar-refractivity contribution in [2.45, 2.75) is 18.8 Å². The van der Waals surface area contributed by atoms with Crippen LogP contribution in [-0.4, -0.2) is 9.97 Å². The molecule has 3 rings (SSSR count). The van der Waals surface area contributed by atoms with Crippen molar-refractivity contribution in [1.29, 1.82) is 0 Å². The molecule has 18 heavy (non-hydrogen) atoms. The Morgan fingerprint density at radius 3 is 2.17 bits per heavy atom. The molecule has 5 heteroatoms. The smallest absolute Gasteiger partial charge is 0.133 e. The van der Waals surface area contributed by atoms with Crippen LogP contribution in [0.15, 0.2) is 24.3 Å². The molecule has 1 aliphatic carbocycles. The van der Waals surface area contributed by atoms with Gasteiger partial charge in [0, 0.05) is 27.6 Å². The Morgan fingerprint density at radius 2 is 1.56 bits per heavy atom. The summed E-state index contributed by atoms with van der Waals surface area (Å²) in [7, 11) is 0. The van der Waals surface area contributed by atoms with Gasteiger partial charge in [-0.05, 0) is 31.0 Å². The minimum absolute atomic E-state index is 0.456. The van der Waals surface area contributed by atoms with Crippen molar-refractivity contribution >= 4 is 34.8 Å². The summed E-state index contributed by atoms with van der Waals surface area (Å²) in [5.74, 6) is 1.27. The second-order valence-electron chi connectivity index (χ2n) is 4.37. The number of hydrogen-bond acceptors (Lipinski definition) is 2. The molecule has 92 valence electrons. The van der Waals surface area contributed by atoms with E-state index in [1.165, 1.54) is 0 Å². The Hall–Kier alpha value is -0.830. The lowest BCUT2D eigenvalue weighted by Gasteiger charge is -2.05. The van der Waals surface area contributed by atoms with Crippen LogP contribution in [0.5, 0.6) is 0 Å². The predicted molar refractivity (Wildman–Crippen MR) is 74.5 cm³/mol. The van der Waals surface area contributed by atoms with Gasteiger partial charge in [-0.2, -0.15) is 0 Å². The van der Waals surface area contributed by atoms with Crippen LogP contribution in [0.25, 0.3) is 11.3 Å². The van der Waals surface area contributed by atoms with Crippen LogP contribution in [0.1, 0.15) is 24.6 Å². The van der Waals surface area contributed by atoms with E-state index in [1.54, 1.807) is 12.1 Å². The molecule has 2 aromatic rings. The normalized spacial score (nSPS) is 14.8. The summed E-state index contributed by atoms with van der Waals surface area (Å²) in [5, 5.41) is 1.62. The first kappa shape index (κ1) is 12.2. The van der Waals surface area contributed by atoms with Crippen LogP contribution in [0, 0.1) is 0 Å². The van der Waals surface area contributed by atoms with Crippen molar-refractivity contribution in [1.82, 2.24) is 9.97 Å². The third kappa shape index (κ3) is 2.61. The lowest BCUT2D eigenvalue weighted by molar-refractivity contribution is 0.931. The number of rotatable bonds is 2.